The molecule has 2 amide bonds. The molecular weight excluding hydrogens is 379 g/mol. The van der Waals surface area contributed by atoms with Gasteiger partial charge in [-0.2, -0.15) is 0 Å². The third kappa shape index (κ3) is 3.49. The fourth-order valence-corrected chi connectivity index (χ4v) is 3.60. The maximum atomic E-state index is 13.5. The summed E-state index contributed by atoms with van der Waals surface area (Å²) in [4.78, 5) is 27.3. The quantitative estimate of drug-likeness (QED) is 0.687. The number of halogens is 2. The molecule has 3 aromatic rings. The van der Waals surface area contributed by atoms with Crippen molar-refractivity contribution in [1.29, 1.82) is 0 Å². The average molecular weight is 395 g/mol. The summed E-state index contributed by atoms with van der Waals surface area (Å²) in [6, 6.07) is 19.2. The van der Waals surface area contributed by atoms with E-state index >= 15 is 0 Å². The Kier molecular flexibility index (Phi) is 4.84. The van der Waals surface area contributed by atoms with Crippen LogP contribution in [-0.4, -0.2) is 23.3 Å². The zero-order chi connectivity index (χ0) is 19.7. The fourth-order valence-electron chi connectivity index (χ4n) is 3.42. The van der Waals surface area contributed by atoms with Gasteiger partial charge in [0.1, 0.15) is 12.4 Å². The van der Waals surface area contributed by atoms with Gasteiger partial charge in [0.15, 0.2) is 0 Å². The Labute approximate surface area is 166 Å². The molecule has 0 aliphatic carbocycles. The first-order valence-electron chi connectivity index (χ1n) is 8.74. The van der Waals surface area contributed by atoms with Crippen LogP contribution >= 0.6 is 11.6 Å². The molecule has 3 aromatic carbocycles. The van der Waals surface area contributed by atoms with Crippen LogP contribution in [0.4, 0.5) is 10.1 Å². The van der Waals surface area contributed by atoms with Crippen LogP contribution < -0.4 is 5.32 Å². The molecule has 1 heterocycles. The van der Waals surface area contributed by atoms with E-state index in [1.807, 2.05) is 6.07 Å². The lowest BCUT2D eigenvalue weighted by atomic mass is 9.95. The van der Waals surface area contributed by atoms with Crippen LogP contribution in [0.25, 0.3) is 0 Å². The molecule has 0 saturated carbocycles. The molecule has 0 aromatic heterocycles. The Balaban J connectivity index is 1.90. The van der Waals surface area contributed by atoms with E-state index < -0.39 is 6.04 Å². The van der Waals surface area contributed by atoms with Crippen molar-refractivity contribution in [3.8, 4) is 0 Å². The monoisotopic (exact) mass is 394 g/mol. The van der Waals surface area contributed by atoms with Gasteiger partial charge in [0.25, 0.3) is 5.91 Å². The van der Waals surface area contributed by atoms with Crippen molar-refractivity contribution in [2.24, 2.45) is 0 Å². The first-order valence-corrected chi connectivity index (χ1v) is 9.11. The summed E-state index contributed by atoms with van der Waals surface area (Å²) >= 11 is 6.21. The molecule has 0 spiro atoms. The summed E-state index contributed by atoms with van der Waals surface area (Å²) < 4.78 is 13.5. The van der Waals surface area contributed by atoms with Gasteiger partial charge in [0, 0.05) is 21.8 Å². The summed E-state index contributed by atoms with van der Waals surface area (Å²) in [6.07, 6.45) is 0. The maximum Gasteiger partial charge on any atom is 0.255 e. The standard InChI is InChI=1S/C22H16ClFN2O2/c23-16-8-11-19-18(12-16)21(14-6-9-17(24)10-7-14)26(13-20(27)25-19)22(28)15-4-2-1-3-5-15/h1-12,21H,13H2,(H,25,27)/t21-/m0/s1. The Morgan fingerprint density at radius 2 is 1.75 bits per heavy atom. The van der Waals surface area contributed by atoms with Crippen molar-refractivity contribution in [2.45, 2.75) is 6.04 Å². The number of amides is 2. The van der Waals surface area contributed by atoms with Crippen LogP contribution in [-0.2, 0) is 4.79 Å². The fraction of sp³-hybridized carbons (Fsp3) is 0.0909. The Morgan fingerprint density at radius 1 is 1.04 bits per heavy atom. The number of fused-ring (bicyclic) bond motifs is 1. The number of rotatable bonds is 2. The summed E-state index contributed by atoms with van der Waals surface area (Å²) in [5.41, 5.74) is 2.40. The van der Waals surface area contributed by atoms with Crippen LogP contribution in [0.1, 0.15) is 27.5 Å². The smallest absolute Gasteiger partial charge is 0.255 e. The zero-order valence-electron chi connectivity index (χ0n) is 14.7. The van der Waals surface area contributed by atoms with Crippen LogP contribution in [0.3, 0.4) is 0 Å². The van der Waals surface area contributed by atoms with Gasteiger partial charge in [-0.15, -0.1) is 0 Å². The number of carbonyl (C=O) groups is 2. The highest BCUT2D eigenvalue weighted by Gasteiger charge is 2.34. The average Bonchev–Trinajstić information content (AvgIpc) is 2.84. The van der Waals surface area contributed by atoms with Crippen molar-refractivity contribution in [1.82, 2.24) is 4.90 Å². The highest BCUT2D eigenvalue weighted by atomic mass is 35.5. The number of nitrogens with zero attached hydrogens (tertiary/aromatic N) is 1. The number of nitrogens with one attached hydrogen (secondary N) is 1. The maximum absolute atomic E-state index is 13.5. The molecule has 0 fully saturated rings. The van der Waals surface area contributed by atoms with E-state index in [0.717, 1.165) is 0 Å². The molecule has 0 bridgehead atoms. The number of hydrogen-bond acceptors (Lipinski definition) is 2. The van der Waals surface area contributed by atoms with E-state index in [2.05, 4.69) is 5.32 Å². The minimum absolute atomic E-state index is 0.137. The second-order valence-electron chi connectivity index (χ2n) is 6.53. The molecule has 6 heteroatoms. The second kappa shape index (κ2) is 7.44. The molecule has 1 aliphatic rings. The molecule has 140 valence electrons. The molecule has 1 atom stereocenters. The lowest BCUT2D eigenvalue weighted by molar-refractivity contribution is -0.117. The number of anilines is 1. The van der Waals surface area contributed by atoms with Crippen molar-refractivity contribution >= 4 is 29.1 Å². The predicted octanol–water partition coefficient (Wildman–Crippen LogP) is 4.66. The molecule has 0 saturated heterocycles. The van der Waals surface area contributed by atoms with E-state index in [4.69, 9.17) is 11.6 Å². The molecular formula is C22H16ClFN2O2. The SMILES string of the molecule is O=C1CN(C(=O)c2ccccc2)[C@@H](c2ccc(F)cc2)c2cc(Cl)ccc2N1. The summed E-state index contributed by atoms with van der Waals surface area (Å²) in [5, 5.41) is 3.31. The van der Waals surface area contributed by atoms with Gasteiger partial charge in [0.2, 0.25) is 5.91 Å². The van der Waals surface area contributed by atoms with E-state index in [-0.39, 0.29) is 24.2 Å². The van der Waals surface area contributed by atoms with Crippen LogP contribution in [0, 0.1) is 5.82 Å². The van der Waals surface area contributed by atoms with Crippen LogP contribution in [0.2, 0.25) is 5.02 Å². The van der Waals surface area contributed by atoms with E-state index in [1.54, 1.807) is 54.6 Å². The van der Waals surface area contributed by atoms with E-state index in [0.29, 0.717) is 27.4 Å². The van der Waals surface area contributed by atoms with Crippen molar-refractivity contribution in [3.05, 3.63) is 100 Å². The van der Waals surface area contributed by atoms with E-state index in [9.17, 15) is 14.0 Å². The van der Waals surface area contributed by atoms with Crippen LogP contribution in [0.5, 0.6) is 0 Å². The lowest BCUT2D eigenvalue weighted by Crippen LogP contribution is -2.39. The van der Waals surface area contributed by atoms with Gasteiger partial charge in [-0.3, -0.25) is 9.59 Å². The highest BCUT2D eigenvalue weighted by molar-refractivity contribution is 6.30. The minimum Gasteiger partial charge on any atom is -0.324 e. The molecule has 1 N–H and O–H groups in total. The Hall–Kier alpha value is -3.18. The predicted molar refractivity (Wildman–Crippen MR) is 106 cm³/mol. The zero-order valence-corrected chi connectivity index (χ0v) is 15.5. The molecule has 4 rings (SSSR count). The lowest BCUT2D eigenvalue weighted by Gasteiger charge is -2.30. The van der Waals surface area contributed by atoms with Gasteiger partial charge >= 0.3 is 0 Å². The molecule has 4 nitrogen and oxygen atoms in total. The van der Waals surface area contributed by atoms with Crippen LogP contribution in [0.15, 0.2) is 72.8 Å². The first-order chi connectivity index (χ1) is 13.5. The molecule has 0 unspecified atom stereocenters. The van der Waals surface area contributed by atoms with E-state index in [1.165, 1.54) is 17.0 Å². The van der Waals surface area contributed by atoms with Crippen molar-refractivity contribution < 1.29 is 14.0 Å². The molecule has 1 aliphatic heterocycles. The van der Waals surface area contributed by atoms with Gasteiger partial charge in [-0.05, 0) is 48.0 Å². The number of hydrogen-bond donors (Lipinski definition) is 1. The largest absolute Gasteiger partial charge is 0.324 e. The third-order valence-electron chi connectivity index (χ3n) is 4.68. The van der Waals surface area contributed by atoms with Gasteiger partial charge in [-0.1, -0.05) is 41.9 Å². The summed E-state index contributed by atoms with van der Waals surface area (Å²) in [7, 11) is 0. The number of carbonyl (C=O) groups excluding carboxylic acids is 2. The normalized spacial score (nSPS) is 16.1. The van der Waals surface area contributed by atoms with Gasteiger partial charge < -0.3 is 10.2 Å². The second-order valence-corrected chi connectivity index (χ2v) is 6.97. The highest BCUT2D eigenvalue weighted by Crippen LogP contribution is 2.38. The first kappa shape index (κ1) is 18.2. The summed E-state index contributed by atoms with van der Waals surface area (Å²) in [6.45, 7) is -0.137. The molecule has 0 radical (unpaired) electrons. The third-order valence-corrected chi connectivity index (χ3v) is 4.91. The van der Waals surface area contributed by atoms with Crippen molar-refractivity contribution in [3.63, 3.8) is 0 Å². The van der Waals surface area contributed by atoms with Gasteiger partial charge in [-0.25, -0.2) is 4.39 Å². The Bertz CT molecular complexity index is 1040. The Morgan fingerprint density at radius 3 is 2.46 bits per heavy atom. The van der Waals surface area contributed by atoms with Gasteiger partial charge in [0.05, 0.1) is 6.04 Å². The number of benzene rings is 3. The topological polar surface area (TPSA) is 49.4 Å². The minimum atomic E-state index is -0.596. The summed E-state index contributed by atoms with van der Waals surface area (Å²) in [5.74, 6) is -0.978. The van der Waals surface area contributed by atoms with Crippen molar-refractivity contribution in [2.75, 3.05) is 11.9 Å². The molecule has 28 heavy (non-hydrogen) atoms.